The predicted octanol–water partition coefficient (Wildman–Crippen LogP) is 3.72. The van der Waals surface area contributed by atoms with Gasteiger partial charge >= 0.3 is 0 Å². The van der Waals surface area contributed by atoms with E-state index in [1.807, 2.05) is 12.1 Å². The molecule has 0 bridgehead atoms. The average molecular weight is 474 g/mol. The number of benzene rings is 3. The van der Waals surface area contributed by atoms with Crippen molar-refractivity contribution in [3.63, 3.8) is 0 Å². The molecule has 1 aliphatic rings. The summed E-state index contributed by atoms with van der Waals surface area (Å²) in [6.07, 6.45) is 0.255. The largest absolute Gasteiger partial charge is 0.493 e. The smallest absolute Gasteiger partial charge is 0.243 e. The van der Waals surface area contributed by atoms with Gasteiger partial charge in [-0.15, -0.1) is 0 Å². The SMILES string of the molecule is COc1ccccc1Oc1ccc(S(=O)(=O)N2CCC(S(=O)(=O)c3ccccc3)C2)cc1. The lowest BCUT2D eigenvalue weighted by atomic mass is 10.3. The molecule has 0 N–H and O–H groups in total. The van der Waals surface area contributed by atoms with Gasteiger partial charge in [0.15, 0.2) is 21.3 Å². The molecule has 0 spiro atoms. The van der Waals surface area contributed by atoms with Crippen molar-refractivity contribution in [1.29, 1.82) is 0 Å². The molecule has 0 aliphatic carbocycles. The van der Waals surface area contributed by atoms with Gasteiger partial charge in [-0.25, -0.2) is 16.8 Å². The molecular weight excluding hydrogens is 450 g/mol. The molecule has 1 saturated heterocycles. The minimum atomic E-state index is -3.83. The lowest BCUT2D eigenvalue weighted by Gasteiger charge is -2.17. The maximum Gasteiger partial charge on any atom is 0.243 e. The van der Waals surface area contributed by atoms with Crippen molar-refractivity contribution in [2.45, 2.75) is 21.5 Å². The van der Waals surface area contributed by atoms with E-state index in [-0.39, 0.29) is 29.3 Å². The molecule has 0 aromatic heterocycles. The van der Waals surface area contributed by atoms with Crippen LogP contribution in [0.3, 0.4) is 0 Å². The molecule has 1 atom stereocenters. The van der Waals surface area contributed by atoms with Crippen LogP contribution in [0.15, 0.2) is 88.7 Å². The van der Waals surface area contributed by atoms with Crippen LogP contribution in [-0.2, 0) is 19.9 Å². The molecule has 32 heavy (non-hydrogen) atoms. The van der Waals surface area contributed by atoms with Gasteiger partial charge in [0.2, 0.25) is 10.0 Å². The summed E-state index contributed by atoms with van der Waals surface area (Å²) >= 11 is 0. The zero-order chi connectivity index (χ0) is 22.8. The highest BCUT2D eigenvalue weighted by Gasteiger charge is 2.39. The normalized spacial score (nSPS) is 17.2. The molecule has 0 radical (unpaired) electrons. The van der Waals surface area contributed by atoms with Crippen molar-refractivity contribution in [2.75, 3.05) is 20.2 Å². The van der Waals surface area contributed by atoms with Crippen molar-refractivity contribution < 1.29 is 26.3 Å². The number of hydrogen-bond donors (Lipinski definition) is 0. The van der Waals surface area contributed by atoms with E-state index in [9.17, 15) is 16.8 Å². The lowest BCUT2D eigenvalue weighted by Crippen LogP contribution is -2.32. The molecule has 1 heterocycles. The first-order valence-electron chi connectivity index (χ1n) is 10.0. The summed E-state index contributed by atoms with van der Waals surface area (Å²) in [4.78, 5) is 0.296. The van der Waals surface area contributed by atoms with E-state index in [0.29, 0.717) is 17.2 Å². The molecule has 1 fully saturated rings. The zero-order valence-electron chi connectivity index (χ0n) is 17.4. The summed E-state index contributed by atoms with van der Waals surface area (Å²) in [5, 5.41) is -0.771. The van der Waals surface area contributed by atoms with Gasteiger partial charge in [0.1, 0.15) is 5.75 Å². The summed E-state index contributed by atoms with van der Waals surface area (Å²) in [7, 11) is -5.89. The number of nitrogens with zero attached hydrogens (tertiary/aromatic N) is 1. The van der Waals surface area contributed by atoms with E-state index in [1.54, 1.807) is 49.6 Å². The lowest BCUT2D eigenvalue weighted by molar-refractivity contribution is 0.379. The second-order valence-electron chi connectivity index (χ2n) is 7.36. The van der Waals surface area contributed by atoms with Gasteiger partial charge in [-0.05, 0) is 55.0 Å². The second-order valence-corrected chi connectivity index (χ2v) is 11.5. The summed E-state index contributed by atoms with van der Waals surface area (Å²) in [5.41, 5.74) is 0. The fourth-order valence-corrected chi connectivity index (χ4v) is 6.94. The third-order valence-electron chi connectivity index (χ3n) is 5.38. The van der Waals surface area contributed by atoms with Crippen LogP contribution >= 0.6 is 0 Å². The van der Waals surface area contributed by atoms with Crippen LogP contribution in [0, 0.1) is 0 Å². The zero-order valence-corrected chi connectivity index (χ0v) is 19.1. The molecule has 168 valence electrons. The fourth-order valence-electron chi connectivity index (χ4n) is 3.63. The topological polar surface area (TPSA) is 90.0 Å². The van der Waals surface area contributed by atoms with Gasteiger partial charge in [0.25, 0.3) is 0 Å². The summed E-state index contributed by atoms with van der Waals surface area (Å²) < 4.78 is 64.2. The number of ether oxygens (including phenoxy) is 2. The van der Waals surface area contributed by atoms with Crippen LogP contribution in [0.1, 0.15) is 6.42 Å². The minimum Gasteiger partial charge on any atom is -0.493 e. The van der Waals surface area contributed by atoms with E-state index in [1.165, 1.54) is 28.6 Å². The van der Waals surface area contributed by atoms with Gasteiger partial charge in [-0.1, -0.05) is 30.3 Å². The van der Waals surface area contributed by atoms with Crippen LogP contribution < -0.4 is 9.47 Å². The first-order chi connectivity index (χ1) is 15.3. The highest BCUT2D eigenvalue weighted by atomic mass is 32.2. The summed E-state index contributed by atoms with van der Waals surface area (Å²) in [6, 6.07) is 21.3. The first kappa shape index (κ1) is 22.3. The Bertz CT molecular complexity index is 1290. The summed E-state index contributed by atoms with van der Waals surface area (Å²) in [5.74, 6) is 1.53. The van der Waals surface area contributed by atoms with Crippen LogP contribution in [0.5, 0.6) is 17.2 Å². The van der Waals surface area contributed by atoms with Gasteiger partial charge in [-0.2, -0.15) is 4.31 Å². The number of sulfonamides is 1. The molecule has 1 unspecified atom stereocenters. The van der Waals surface area contributed by atoms with Gasteiger partial charge < -0.3 is 9.47 Å². The first-order valence-corrected chi connectivity index (χ1v) is 13.0. The Morgan fingerprint density at radius 2 is 1.41 bits per heavy atom. The third-order valence-corrected chi connectivity index (χ3v) is 9.45. The molecule has 0 saturated carbocycles. The predicted molar refractivity (Wildman–Crippen MR) is 120 cm³/mol. The quantitative estimate of drug-likeness (QED) is 0.520. The number of para-hydroxylation sites is 2. The van der Waals surface area contributed by atoms with E-state index in [4.69, 9.17) is 9.47 Å². The Hall–Kier alpha value is -2.88. The van der Waals surface area contributed by atoms with Crippen LogP contribution in [0.25, 0.3) is 0 Å². The number of rotatable bonds is 7. The van der Waals surface area contributed by atoms with Crippen LogP contribution in [0.2, 0.25) is 0 Å². The number of sulfone groups is 1. The van der Waals surface area contributed by atoms with Gasteiger partial charge in [0, 0.05) is 13.1 Å². The Morgan fingerprint density at radius 3 is 2.06 bits per heavy atom. The van der Waals surface area contributed by atoms with E-state index < -0.39 is 25.1 Å². The van der Waals surface area contributed by atoms with Crippen molar-refractivity contribution in [3.05, 3.63) is 78.9 Å². The fraction of sp³-hybridized carbons (Fsp3) is 0.217. The van der Waals surface area contributed by atoms with Crippen LogP contribution in [0.4, 0.5) is 0 Å². The number of methoxy groups -OCH3 is 1. The monoisotopic (exact) mass is 473 g/mol. The molecule has 9 heteroatoms. The van der Waals surface area contributed by atoms with E-state index in [2.05, 4.69) is 0 Å². The molecule has 3 aromatic carbocycles. The Kier molecular flexibility index (Phi) is 6.23. The average Bonchev–Trinajstić information content (AvgIpc) is 3.33. The number of hydrogen-bond acceptors (Lipinski definition) is 6. The van der Waals surface area contributed by atoms with Crippen molar-refractivity contribution >= 4 is 19.9 Å². The van der Waals surface area contributed by atoms with Crippen molar-refractivity contribution in [1.82, 2.24) is 4.31 Å². The maximum absolute atomic E-state index is 13.1. The molecule has 4 rings (SSSR count). The van der Waals surface area contributed by atoms with Gasteiger partial charge in [0.05, 0.1) is 22.2 Å². The minimum absolute atomic E-state index is 0.0704. The Labute approximate surface area is 188 Å². The van der Waals surface area contributed by atoms with E-state index in [0.717, 1.165) is 0 Å². The Morgan fingerprint density at radius 1 is 0.781 bits per heavy atom. The second kappa shape index (κ2) is 8.93. The van der Waals surface area contributed by atoms with Crippen molar-refractivity contribution in [2.24, 2.45) is 0 Å². The molecule has 3 aromatic rings. The van der Waals surface area contributed by atoms with Crippen LogP contribution in [-0.4, -0.2) is 46.6 Å². The highest BCUT2D eigenvalue weighted by Crippen LogP contribution is 2.32. The van der Waals surface area contributed by atoms with Crippen molar-refractivity contribution in [3.8, 4) is 17.2 Å². The van der Waals surface area contributed by atoms with E-state index >= 15 is 0 Å². The summed E-state index contributed by atoms with van der Waals surface area (Å²) in [6.45, 7) is 0.0809. The molecule has 7 nitrogen and oxygen atoms in total. The molecule has 0 amide bonds. The molecule has 1 aliphatic heterocycles. The third kappa shape index (κ3) is 4.36. The molecular formula is C23H23NO6S2. The standard InChI is InChI=1S/C23H23NO6S2/c1-29-22-9-5-6-10-23(22)30-18-11-13-20(14-12-18)32(27,28)24-16-15-21(17-24)31(25,26)19-7-3-2-4-8-19/h2-14,21H,15-17H2,1H3. The van der Waals surface area contributed by atoms with Gasteiger partial charge in [-0.3, -0.25) is 0 Å². The Balaban J connectivity index is 1.49. The maximum atomic E-state index is 13.1. The highest BCUT2D eigenvalue weighted by molar-refractivity contribution is 7.92.